The van der Waals surface area contributed by atoms with Crippen LogP contribution in [0, 0.1) is 12.8 Å². The van der Waals surface area contributed by atoms with Gasteiger partial charge < -0.3 is 19.7 Å². The summed E-state index contributed by atoms with van der Waals surface area (Å²) < 4.78 is 10.6. The van der Waals surface area contributed by atoms with Gasteiger partial charge in [0.2, 0.25) is 5.91 Å². The van der Waals surface area contributed by atoms with Gasteiger partial charge in [0.1, 0.15) is 11.5 Å². The Hall–Kier alpha value is -3.61. The predicted octanol–water partition coefficient (Wildman–Crippen LogP) is 4.32. The fourth-order valence-electron chi connectivity index (χ4n) is 4.02. The summed E-state index contributed by atoms with van der Waals surface area (Å²) in [6.07, 6.45) is 1.75. The van der Waals surface area contributed by atoms with E-state index in [2.05, 4.69) is 33.4 Å². The number of amides is 1. The summed E-state index contributed by atoms with van der Waals surface area (Å²) >= 11 is 0. The Balaban J connectivity index is 1.44. The van der Waals surface area contributed by atoms with Crippen molar-refractivity contribution < 1.29 is 14.3 Å². The van der Waals surface area contributed by atoms with Crippen molar-refractivity contribution in [1.82, 2.24) is 10.2 Å². The molecule has 2 aromatic carbocycles. The van der Waals surface area contributed by atoms with Gasteiger partial charge in [0, 0.05) is 42.5 Å². The molecule has 1 unspecified atom stereocenters. The molecule has 7 nitrogen and oxygen atoms in total. The number of methoxy groups -OCH3 is 2. The highest BCUT2D eigenvalue weighted by atomic mass is 16.5. The van der Waals surface area contributed by atoms with Gasteiger partial charge in [0.05, 0.1) is 25.8 Å². The van der Waals surface area contributed by atoms with Crippen LogP contribution in [0.15, 0.2) is 54.6 Å². The summed E-state index contributed by atoms with van der Waals surface area (Å²) in [5, 5.41) is 11.9. The molecule has 0 saturated carbocycles. The molecule has 7 heteroatoms. The molecular formula is C25H28N4O3. The Morgan fingerprint density at radius 2 is 1.78 bits per heavy atom. The number of rotatable bonds is 6. The lowest BCUT2D eigenvalue weighted by atomic mass is 9.97. The minimum Gasteiger partial charge on any atom is -0.497 e. The number of carbonyl (C=O) groups excluding carboxylic acids is 1. The topological polar surface area (TPSA) is 76.6 Å². The molecule has 1 aromatic heterocycles. The number of ether oxygens (including phenoxy) is 2. The van der Waals surface area contributed by atoms with E-state index >= 15 is 0 Å². The number of piperidine rings is 1. The average molecular weight is 433 g/mol. The van der Waals surface area contributed by atoms with Gasteiger partial charge in [-0.2, -0.15) is 0 Å². The second-order valence-electron chi connectivity index (χ2n) is 7.97. The van der Waals surface area contributed by atoms with Crippen LogP contribution in [0.1, 0.15) is 18.4 Å². The van der Waals surface area contributed by atoms with Crippen LogP contribution in [0.2, 0.25) is 0 Å². The second-order valence-corrected chi connectivity index (χ2v) is 7.97. The van der Waals surface area contributed by atoms with Crippen molar-refractivity contribution in [3.8, 4) is 22.8 Å². The number of anilines is 2. The van der Waals surface area contributed by atoms with Crippen molar-refractivity contribution >= 4 is 17.4 Å². The maximum absolute atomic E-state index is 13.0. The minimum atomic E-state index is -0.140. The first-order valence-electron chi connectivity index (χ1n) is 10.8. The molecule has 0 aliphatic carbocycles. The molecule has 1 fully saturated rings. The van der Waals surface area contributed by atoms with Gasteiger partial charge in [-0.05, 0) is 37.5 Å². The van der Waals surface area contributed by atoms with Gasteiger partial charge in [-0.25, -0.2) is 0 Å². The zero-order valence-corrected chi connectivity index (χ0v) is 18.7. The molecule has 0 spiro atoms. The van der Waals surface area contributed by atoms with Crippen LogP contribution in [0.4, 0.5) is 11.5 Å². The molecule has 1 N–H and O–H groups in total. The molecule has 1 atom stereocenters. The third-order valence-corrected chi connectivity index (χ3v) is 5.81. The quantitative estimate of drug-likeness (QED) is 0.625. The number of benzene rings is 2. The number of nitrogens with one attached hydrogen (secondary N) is 1. The van der Waals surface area contributed by atoms with Gasteiger partial charge in [-0.15, -0.1) is 10.2 Å². The summed E-state index contributed by atoms with van der Waals surface area (Å²) in [7, 11) is 3.18. The van der Waals surface area contributed by atoms with Crippen LogP contribution < -0.4 is 19.7 Å². The number of hydrogen-bond acceptors (Lipinski definition) is 6. The van der Waals surface area contributed by atoms with Crippen LogP contribution in [0.5, 0.6) is 11.5 Å². The molecule has 1 aliphatic heterocycles. The van der Waals surface area contributed by atoms with Crippen LogP contribution in [-0.4, -0.2) is 43.4 Å². The zero-order valence-electron chi connectivity index (χ0n) is 18.7. The van der Waals surface area contributed by atoms with Crippen molar-refractivity contribution in [2.75, 3.05) is 37.5 Å². The van der Waals surface area contributed by atoms with Crippen molar-refractivity contribution in [2.24, 2.45) is 5.92 Å². The van der Waals surface area contributed by atoms with Gasteiger partial charge in [0.15, 0.2) is 5.82 Å². The van der Waals surface area contributed by atoms with Gasteiger partial charge in [-0.3, -0.25) is 4.79 Å². The first kappa shape index (κ1) is 21.6. The summed E-state index contributed by atoms with van der Waals surface area (Å²) in [6, 6.07) is 17.5. The summed E-state index contributed by atoms with van der Waals surface area (Å²) in [5.74, 6) is 1.90. The minimum absolute atomic E-state index is 0.0190. The van der Waals surface area contributed by atoms with Crippen LogP contribution >= 0.6 is 0 Å². The largest absolute Gasteiger partial charge is 0.497 e. The van der Waals surface area contributed by atoms with Crippen molar-refractivity contribution in [3.63, 3.8) is 0 Å². The lowest BCUT2D eigenvalue weighted by molar-refractivity contribution is -0.120. The molecule has 1 saturated heterocycles. The third kappa shape index (κ3) is 4.82. The van der Waals surface area contributed by atoms with Gasteiger partial charge >= 0.3 is 0 Å². The summed E-state index contributed by atoms with van der Waals surface area (Å²) in [4.78, 5) is 15.1. The number of hydrogen-bond donors (Lipinski definition) is 1. The Labute approximate surface area is 188 Å². The van der Waals surface area contributed by atoms with E-state index in [0.29, 0.717) is 23.7 Å². The standard InChI is InChI=1S/C25H28N4O3/c1-17-7-4-5-9-22(17)23-10-11-24(28-27-23)29-12-6-8-18(16-29)25(30)26-19-13-20(31-2)15-21(14-19)32-3/h4-5,7,9-11,13-15,18H,6,8,12,16H2,1-3H3,(H,26,30). The monoisotopic (exact) mass is 432 g/mol. The number of nitrogens with zero attached hydrogens (tertiary/aromatic N) is 3. The first-order valence-corrected chi connectivity index (χ1v) is 10.8. The molecule has 4 rings (SSSR count). The van der Waals surface area contributed by atoms with Crippen molar-refractivity contribution in [2.45, 2.75) is 19.8 Å². The van der Waals surface area contributed by atoms with Gasteiger partial charge in [-0.1, -0.05) is 24.3 Å². The Kier molecular flexibility index (Phi) is 6.54. The van der Waals surface area contributed by atoms with Crippen molar-refractivity contribution in [1.29, 1.82) is 0 Å². The molecule has 3 aromatic rings. The molecule has 0 radical (unpaired) electrons. The normalized spacial score (nSPS) is 15.8. The SMILES string of the molecule is COc1cc(NC(=O)C2CCCN(c3ccc(-c4ccccc4C)nn3)C2)cc(OC)c1. The highest BCUT2D eigenvalue weighted by Crippen LogP contribution is 2.28. The average Bonchev–Trinajstić information content (AvgIpc) is 2.84. The fourth-order valence-corrected chi connectivity index (χ4v) is 4.02. The van der Waals surface area contributed by atoms with E-state index in [4.69, 9.17) is 9.47 Å². The Bertz CT molecular complexity index is 1060. The van der Waals surface area contributed by atoms with Crippen LogP contribution in [0.25, 0.3) is 11.3 Å². The molecule has 1 amide bonds. The van der Waals surface area contributed by atoms with Crippen molar-refractivity contribution in [3.05, 3.63) is 60.2 Å². The Morgan fingerprint density at radius 1 is 1.03 bits per heavy atom. The van der Waals surface area contributed by atoms with E-state index in [-0.39, 0.29) is 11.8 Å². The smallest absolute Gasteiger partial charge is 0.229 e. The zero-order chi connectivity index (χ0) is 22.5. The summed E-state index contributed by atoms with van der Waals surface area (Å²) in [6.45, 7) is 3.52. The first-order chi connectivity index (χ1) is 15.6. The Morgan fingerprint density at radius 3 is 2.44 bits per heavy atom. The van der Waals surface area contributed by atoms with E-state index in [9.17, 15) is 4.79 Å². The number of aryl methyl sites for hydroxylation is 1. The molecule has 166 valence electrons. The molecule has 0 bridgehead atoms. The number of carbonyl (C=O) groups is 1. The second kappa shape index (κ2) is 9.68. The lowest BCUT2D eigenvalue weighted by Gasteiger charge is -2.32. The highest BCUT2D eigenvalue weighted by molar-refractivity contribution is 5.93. The molecule has 32 heavy (non-hydrogen) atoms. The molecule has 1 aliphatic rings. The van der Waals surface area contributed by atoms with E-state index in [1.807, 2.05) is 30.3 Å². The lowest BCUT2D eigenvalue weighted by Crippen LogP contribution is -2.41. The number of aromatic nitrogens is 2. The van der Waals surface area contributed by atoms with Crippen LogP contribution in [0.3, 0.4) is 0 Å². The summed E-state index contributed by atoms with van der Waals surface area (Å²) in [5.41, 5.74) is 3.76. The highest BCUT2D eigenvalue weighted by Gasteiger charge is 2.27. The van der Waals surface area contributed by atoms with E-state index in [1.54, 1.807) is 32.4 Å². The van der Waals surface area contributed by atoms with Crippen LogP contribution in [-0.2, 0) is 4.79 Å². The maximum Gasteiger partial charge on any atom is 0.229 e. The van der Waals surface area contributed by atoms with E-state index in [0.717, 1.165) is 36.5 Å². The van der Waals surface area contributed by atoms with Gasteiger partial charge in [0.25, 0.3) is 0 Å². The predicted molar refractivity (Wildman–Crippen MR) is 125 cm³/mol. The molecule has 2 heterocycles. The fraction of sp³-hybridized carbons (Fsp3) is 0.320. The van der Waals surface area contributed by atoms with E-state index < -0.39 is 0 Å². The maximum atomic E-state index is 13.0. The molecular weight excluding hydrogens is 404 g/mol. The van der Waals surface area contributed by atoms with E-state index in [1.165, 1.54) is 5.56 Å². The third-order valence-electron chi connectivity index (χ3n) is 5.81.